The van der Waals surface area contributed by atoms with Gasteiger partial charge in [0.15, 0.2) is 5.78 Å². The number of nitrogens with zero attached hydrogens (tertiary/aromatic N) is 1. The Morgan fingerprint density at radius 3 is 2.76 bits per heavy atom. The lowest BCUT2D eigenvalue weighted by Gasteiger charge is -2.23. The van der Waals surface area contributed by atoms with Crippen LogP contribution in [0.1, 0.15) is 34.0 Å². The van der Waals surface area contributed by atoms with Crippen molar-refractivity contribution >= 4 is 28.8 Å². The predicted octanol–water partition coefficient (Wildman–Crippen LogP) is 4.43. The molecule has 21 heavy (non-hydrogen) atoms. The highest BCUT2D eigenvalue weighted by molar-refractivity contribution is 6.32. The number of hydrogen-bond donors (Lipinski definition) is 0. The van der Waals surface area contributed by atoms with E-state index in [-0.39, 0.29) is 5.78 Å². The van der Waals surface area contributed by atoms with Crippen molar-refractivity contribution in [2.45, 2.75) is 25.7 Å². The molecule has 2 nitrogen and oxygen atoms in total. The molecule has 0 aromatic heterocycles. The first-order valence-corrected chi connectivity index (χ1v) is 7.40. The van der Waals surface area contributed by atoms with Gasteiger partial charge in [0, 0.05) is 16.3 Å². The Bertz CT molecular complexity index is 837. The largest absolute Gasteiger partial charge is 0.293 e. The van der Waals surface area contributed by atoms with Gasteiger partial charge in [-0.2, -0.15) is 0 Å². The Kier molecular flexibility index (Phi) is 2.46. The fourth-order valence-electron chi connectivity index (χ4n) is 3.58. The number of aryl methyl sites for hydroxylation is 1. The van der Waals surface area contributed by atoms with Gasteiger partial charge >= 0.3 is 0 Å². The lowest BCUT2D eigenvalue weighted by molar-refractivity contribution is 0.0946. The van der Waals surface area contributed by atoms with E-state index < -0.39 is 5.41 Å². The second-order valence-corrected chi connectivity index (χ2v) is 6.37. The number of ketones is 1. The fraction of sp³-hybridized carbons (Fsp3) is 0.222. The first-order chi connectivity index (χ1) is 10.0. The molecule has 0 saturated carbocycles. The van der Waals surface area contributed by atoms with E-state index in [9.17, 15) is 4.79 Å². The monoisotopic (exact) mass is 295 g/mol. The van der Waals surface area contributed by atoms with Crippen molar-refractivity contribution < 1.29 is 4.79 Å². The molecule has 0 N–H and O–H groups in total. The molecule has 4 rings (SSSR count). The molecule has 1 spiro atoms. The Morgan fingerprint density at radius 2 is 1.95 bits per heavy atom. The molecule has 2 aromatic carbocycles. The molecule has 1 aliphatic heterocycles. The number of fused-ring (bicyclic) bond motifs is 3. The van der Waals surface area contributed by atoms with Crippen LogP contribution in [0.15, 0.2) is 41.4 Å². The Labute approximate surface area is 128 Å². The van der Waals surface area contributed by atoms with Crippen molar-refractivity contribution in [1.82, 2.24) is 0 Å². The first kappa shape index (κ1) is 12.8. The Hall–Kier alpha value is -1.93. The Balaban J connectivity index is 1.98. The van der Waals surface area contributed by atoms with Crippen molar-refractivity contribution in [2.24, 2.45) is 4.99 Å². The second kappa shape index (κ2) is 4.05. The molecule has 1 aliphatic carbocycles. The summed E-state index contributed by atoms with van der Waals surface area (Å²) in [5, 5.41) is 0.608. The zero-order chi connectivity index (χ0) is 14.8. The van der Waals surface area contributed by atoms with Crippen LogP contribution in [0, 0.1) is 6.92 Å². The standard InChI is InChI=1S/C18H14ClNO/c1-10-3-6-16-15(7-10)18(11(2)20-16)9-12-4-5-13(19)8-14(12)17(18)21/h3-8H,9H2,1-2H3. The summed E-state index contributed by atoms with van der Waals surface area (Å²) in [4.78, 5) is 17.8. The molecule has 1 unspecified atom stereocenters. The van der Waals surface area contributed by atoms with E-state index in [0.717, 1.165) is 33.7 Å². The molecule has 0 saturated heterocycles. The van der Waals surface area contributed by atoms with Crippen LogP contribution in [-0.2, 0) is 11.8 Å². The molecule has 0 radical (unpaired) electrons. The third-order valence-corrected chi connectivity index (χ3v) is 4.91. The van der Waals surface area contributed by atoms with Gasteiger partial charge in [0.1, 0.15) is 5.41 Å². The van der Waals surface area contributed by atoms with Crippen LogP contribution in [0.5, 0.6) is 0 Å². The van der Waals surface area contributed by atoms with E-state index in [1.807, 2.05) is 38.1 Å². The van der Waals surface area contributed by atoms with Crippen LogP contribution >= 0.6 is 11.6 Å². The maximum absolute atomic E-state index is 13.1. The highest BCUT2D eigenvalue weighted by Gasteiger charge is 2.52. The van der Waals surface area contributed by atoms with Gasteiger partial charge in [-0.1, -0.05) is 35.4 Å². The molecular formula is C18H14ClNO. The molecule has 1 atom stereocenters. The van der Waals surface area contributed by atoms with Gasteiger partial charge in [0.25, 0.3) is 0 Å². The van der Waals surface area contributed by atoms with E-state index in [4.69, 9.17) is 11.6 Å². The van der Waals surface area contributed by atoms with Gasteiger partial charge in [-0.25, -0.2) is 0 Å². The number of rotatable bonds is 0. The molecule has 0 amide bonds. The van der Waals surface area contributed by atoms with E-state index in [0.29, 0.717) is 11.4 Å². The van der Waals surface area contributed by atoms with Gasteiger partial charge in [-0.3, -0.25) is 9.79 Å². The van der Waals surface area contributed by atoms with Gasteiger partial charge in [0.05, 0.1) is 5.69 Å². The van der Waals surface area contributed by atoms with Crippen molar-refractivity contribution in [2.75, 3.05) is 0 Å². The minimum atomic E-state index is -0.617. The van der Waals surface area contributed by atoms with Crippen molar-refractivity contribution in [1.29, 1.82) is 0 Å². The van der Waals surface area contributed by atoms with Crippen LogP contribution in [-0.4, -0.2) is 11.5 Å². The first-order valence-electron chi connectivity index (χ1n) is 7.02. The summed E-state index contributed by atoms with van der Waals surface area (Å²) in [5.41, 5.74) is 5.19. The molecule has 3 heteroatoms. The summed E-state index contributed by atoms with van der Waals surface area (Å²) in [6.45, 7) is 4.01. The van der Waals surface area contributed by atoms with E-state index >= 15 is 0 Å². The normalized spacial score (nSPS) is 22.4. The average Bonchev–Trinajstić information content (AvgIpc) is 2.89. The van der Waals surface area contributed by atoms with Crippen molar-refractivity contribution in [3.63, 3.8) is 0 Å². The zero-order valence-corrected chi connectivity index (χ0v) is 12.7. The lowest BCUT2D eigenvalue weighted by atomic mass is 9.74. The maximum Gasteiger partial charge on any atom is 0.179 e. The molecule has 2 aromatic rings. The summed E-state index contributed by atoms with van der Waals surface area (Å²) in [5.74, 6) is 0.130. The van der Waals surface area contributed by atoms with Gasteiger partial charge in [-0.05, 0) is 49.6 Å². The highest BCUT2D eigenvalue weighted by Crippen LogP contribution is 2.49. The van der Waals surface area contributed by atoms with Crippen LogP contribution in [0.2, 0.25) is 5.02 Å². The summed E-state index contributed by atoms with van der Waals surface area (Å²) < 4.78 is 0. The number of Topliss-reactive ketones (excluding diaryl/α,β-unsaturated/α-hetero) is 1. The summed E-state index contributed by atoms with van der Waals surface area (Å²) >= 11 is 6.06. The zero-order valence-electron chi connectivity index (χ0n) is 11.9. The minimum Gasteiger partial charge on any atom is -0.293 e. The average molecular weight is 296 g/mol. The number of hydrogen-bond acceptors (Lipinski definition) is 2. The third kappa shape index (κ3) is 1.54. The van der Waals surface area contributed by atoms with Crippen LogP contribution in [0.3, 0.4) is 0 Å². The quantitative estimate of drug-likeness (QED) is 0.707. The number of aliphatic imine (C=N–C) groups is 1. The number of carbonyl (C=O) groups excluding carboxylic acids is 1. The molecule has 2 aliphatic rings. The number of benzene rings is 2. The van der Waals surface area contributed by atoms with Gasteiger partial charge in [-0.15, -0.1) is 0 Å². The highest BCUT2D eigenvalue weighted by atomic mass is 35.5. The summed E-state index contributed by atoms with van der Waals surface area (Å²) in [6, 6.07) is 11.7. The van der Waals surface area contributed by atoms with Gasteiger partial charge < -0.3 is 0 Å². The molecular weight excluding hydrogens is 282 g/mol. The lowest BCUT2D eigenvalue weighted by Crippen LogP contribution is -2.38. The van der Waals surface area contributed by atoms with Crippen molar-refractivity contribution in [3.8, 4) is 0 Å². The molecule has 104 valence electrons. The van der Waals surface area contributed by atoms with E-state index in [1.165, 1.54) is 0 Å². The fourth-order valence-corrected chi connectivity index (χ4v) is 3.75. The maximum atomic E-state index is 13.1. The number of halogens is 1. The molecule has 0 bridgehead atoms. The summed E-state index contributed by atoms with van der Waals surface area (Å²) in [7, 11) is 0. The van der Waals surface area contributed by atoms with E-state index in [1.54, 1.807) is 6.07 Å². The van der Waals surface area contributed by atoms with Crippen LogP contribution in [0.4, 0.5) is 5.69 Å². The number of carbonyl (C=O) groups is 1. The van der Waals surface area contributed by atoms with Crippen LogP contribution < -0.4 is 0 Å². The van der Waals surface area contributed by atoms with E-state index in [2.05, 4.69) is 11.1 Å². The van der Waals surface area contributed by atoms with Crippen LogP contribution in [0.25, 0.3) is 0 Å². The van der Waals surface area contributed by atoms with Crippen molar-refractivity contribution in [3.05, 3.63) is 63.7 Å². The molecule has 0 fully saturated rings. The predicted molar refractivity (Wildman–Crippen MR) is 85.1 cm³/mol. The van der Waals surface area contributed by atoms with Gasteiger partial charge in [0.2, 0.25) is 0 Å². The topological polar surface area (TPSA) is 29.4 Å². The third-order valence-electron chi connectivity index (χ3n) is 4.68. The summed E-state index contributed by atoms with van der Waals surface area (Å²) in [6.07, 6.45) is 0.685. The minimum absolute atomic E-state index is 0.130. The SMILES string of the molecule is CC1=Nc2ccc(C)cc2C12Cc1ccc(Cl)cc1C2=O. The smallest absolute Gasteiger partial charge is 0.179 e. The second-order valence-electron chi connectivity index (χ2n) is 5.93. The molecule has 1 heterocycles. The Morgan fingerprint density at radius 1 is 1.14 bits per heavy atom.